The second-order valence-electron chi connectivity index (χ2n) is 4.55. The highest BCUT2D eigenvalue weighted by atomic mass is 32.1. The molecule has 20 heavy (non-hydrogen) atoms. The molecular weight excluding hydrogens is 280 g/mol. The highest BCUT2D eigenvalue weighted by Crippen LogP contribution is 2.31. The lowest BCUT2D eigenvalue weighted by Gasteiger charge is -2.08. The molecule has 112 valence electrons. The number of nitrogens with one attached hydrogen (secondary N) is 1. The third-order valence-electron chi connectivity index (χ3n) is 2.53. The maximum atomic E-state index is 12.0. The van der Waals surface area contributed by atoms with Crippen LogP contribution in [0.1, 0.15) is 39.4 Å². The van der Waals surface area contributed by atoms with Gasteiger partial charge in [-0.15, -0.1) is 11.3 Å². The third-order valence-corrected chi connectivity index (χ3v) is 3.63. The predicted molar refractivity (Wildman–Crippen MR) is 78.2 cm³/mol. The summed E-state index contributed by atoms with van der Waals surface area (Å²) in [7, 11) is 1.52. The van der Waals surface area contributed by atoms with Crippen molar-refractivity contribution in [2.24, 2.45) is 0 Å². The lowest BCUT2D eigenvalue weighted by Crippen LogP contribution is -2.30. The zero-order valence-electron chi connectivity index (χ0n) is 12.1. The molecule has 0 aliphatic rings. The minimum absolute atomic E-state index is 0.00157. The van der Waals surface area contributed by atoms with Gasteiger partial charge in [-0.25, -0.2) is 4.79 Å². The van der Waals surface area contributed by atoms with Gasteiger partial charge in [-0.05, 0) is 26.3 Å². The average molecular weight is 300 g/mol. The summed E-state index contributed by atoms with van der Waals surface area (Å²) in [5.74, 6) is -0.762. The van der Waals surface area contributed by atoms with E-state index >= 15 is 0 Å². The van der Waals surface area contributed by atoms with Gasteiger partial charge in [-0.1, -0.05) is 0 Å². The fraction of sp³-hybridized carbons (Fsp3) is 0.538. The molecular formula is C13H20N2O4S. The van der Waals surface area contributed by atoms with E-state index in [2.05, 4.69) is 5.32 Å². The fourth-order valence-corrected chi connectivity index (χ4v) is 2.60. The summed E-state index contributed by atoms with van der Waals surface area (Å²) in [5, 5.41) is 3.08. The van der Waals surface area contributed by atoms with E-state index in [1.165, 1.54) is 7.11 Å². The Balaban J connectivity index is 2.91. The zero-order valence-corrected chi connectivity index (χ0v) is 12.9. The Morgan fingerprint density at radius 2 is 2.00 bits per heavy atom. The molecule has 7 heteroatoms. The van der Waals surface area contributed by atoms with Gasteiger partial charge >= 0.3 is 5.97 Å². The number of hydrogen-bond acceptors (Lipinski definition) is 6. The lowest BCUT2D eigenvalue weighted by molar-refractivity contribution is 0.0393. The van der Waals surface area contributed by atoms with E-state index in [1.54, 1.807) is 6.92 Å². The van der Waals surface area contributed by atoms with Crippen molar-refractivity contribution < 1.29 is 19.1 Å². The summed E-state index contributed by atoms with van der Waals surface area (Å²) in [6.45, 7) is 5.90. The van der Waals surface area contributed by atoms with E-state index in [1.807, 2.05) is 13.8 Å². The minimum Gasteiger partial charge on any atom is -0.459 e. The van der Waals surface area contributed by atoms with Crippen LogP contribution in [0, 0.1) is 6.92 Å². The van der Waals surface area contributed by atoms with Crippen molar-refractivity contribution in [1.29, 1.82) is 0 Å². The Labute approximate surface area is 122 Å². The molecule has 6 nitrogen and oxygen atoms in total. The molecule has 0 unspecified atom stereocenters. The topological polar surface area (TPSA) is 90.7 Å². The van der Waals surface area contributed by atoms with Crippen molar-refractivity contribution in [3.05, 3.63) is 16.0 Å². The number of amides is 1. The Kier molecular flexibility index (Phi) is 5.97. The van der Waals surface area contributed by atoms with Gasteiger partial charge in [-0.3, -0.25) is 4.79 Å². The molecule has 0 aliphatic carbocycles. The molecule has 1 rings (SSSR count). The number of esters is 1. The second kappa shape index (κ2) is 7.25. The van der Waals surface area contributed by atoms with E-state index in [-0.39, 0.29) is 18.6 Å². The highest BCUT2D eigenvalue weighted by molar-refractivity contribution is 7.18. The zero-order chi connectivity index (χ0) is 15.3. The lowest BCUT2D eigenvalue weighted by atomic mass is 10.1. The number of nitrogens with two attached hydrogens (primary N) is 1. The second-order valence-corrected chi connectivity index (χ2v) is 5.60. The molecule has 0 saturated carbocycles. The Morgan fingerprint density at radius 3 is 2.55 bits per heavy atom. The maximum absolute atomic E-state index is 12.0. The number of hydrogen-bond donors (Lipinski definition) is 2. The van der Waals surface area contributed by atoms with Gasteiger partial charge in [0.1, 0.15) is 11.5 Å². The summed E-state index contributed by atoms with van der Waals surface area (Å²) >= 11 is 1.06. The monoisotopic (exact) mass is 300 g/mol. The predicted octanol–water partition coefficient (Wildman–Crippen LogP) is 1.58. The van der Waals surface area contributed by atoms with Gasteiger partial charge in [0.05, 0.1) is 17.2 Å². The van der Waals surface area contributed by atoms with E-state index in [0.717, 1.165) is 11.3 Å². The molecule has 0 aliphatic heterocycles. The van der Waals surface area contributed by atoms with Crippen LogP contribution in [0.15, 0.2) is 0 Å². The molecule has 0 bridgehead atoms. The number of rotatable bonds is 6. The smallest absolute Gasteiger partial charge is 0.348 e. The fourth-order valence-electron chi connectivity index (χ4n) is 1.63. The summed E-state index contributed by atoms with van der Waals surface area (Å²) in [5.41, 5.74) is 6.74. The quantitative estimate of drug-likeness (QED) is 0.615. The van der Waals surface area contributed by atoms with Crippen molar-refractivity contribution >= 4 is 28.2 Å². The van der Waals surface area contributed by atoms with Crippen molar-refractivity contribution in [3.63, 3.8) is 0 Å². The van der Waals surface area contributed by atoms with E-state index in [0.29, 0.717) is 27.6 Å². The van der Waals surface area contributed by atoms with Crippen molar-refractivity contribution in [3.8, 4) is 0 Å². The first-order valence-corrected chi connectivity index (χ1v) is 7.05. The summed E-state index contributed by atoms with van der Waals surface area (Å²) in [6, 6.07) is -0.00157. The molecule has 1 amide bonds. The van der Waals surface area contributed by atoms with Crippen LogP contribution in [0.25, 0.3) is 0 Å². The summed E-state index contributed by atoms with van der Waals surface area (Å²) in [4.78, 5) is 24.3. The molecule has 0 spiro atoms. The standard InChI is InChI=1S/C13H20N2O4S/c1-7(2)15-12(16)9-8(3)10(20-11(9)14)13(17)19-6-5-18-4/h7H,5-6,14H2,1-4H3,(H,15,16). The maximum Gasteiger partial charge on any atom is 0.348 e. The van der Waals surface area contributed by atoms with Gasteiger partial charge in [0.15, 0.2) is 0 Å². The van der Waals surface area contributed by atoms with Gasteiger partial charge in [0.2, 0.25) is 0 Å². The first-order valence-electron chi connectivity index (χ1n) is 6.24. The third kappa shape index (κ3) is 3.94. The van der Waals surface area contributed by atoms with Crippen LogP contribution < -0.4 is 11.1 Å². The molecule has 1 heterocycles. The van der Waals surface area contributed by atoms with Crippen LogP contribution in [0.5, 0.6) is 0 Å². The number of methoxy groups -OCH3 is 1. The molecule has 0 aromatic carbocycles. The average Bonchev–Trinajstić information content (AvgIpc) is 2.64. The van der Waals surface area contributed by atoms with Gasteiger partial charge in [0.25, 0.3) is 5.91 Å². The van der Waals surface area contributed by atoms with Crippen LogP contribution in [0.4, 0.5) is 5.00 Å². The first-order chi connectivity index (χ1) is 9.38. The Bertz CT molecular complexity index is 497. The van der Waals surface area contributed by atoms with Crippen molar-refractivity contribution in [2.75, 3.05) is 26.1 Å². The number of anilines is 1. The Hall–Kier alpha value is -1.60. The summed E-state index contributed by atoms with van der Waals surface area (Å²) in [6.07, 6.45) is 0. The molecule has 3 N–H and O–H groups in total. The number of thiophene rings is 1. The normalized spacial score (nSPS) is 10.7. The van der Waals surface area contributed by atoms with Gasteiger partial charge in [-0.2, -0.15) is 0 Å². The first kappa shape index (κ1) is 16.5. The largest absolute Gasteiger partial charge is 0.459 e. The van der Waals surface area contributed by atoms with Crippen molar-refractivity contribution in [1.82, 2.24) is 5.32 Å². The Morgan fingerprint density at radius 1 is 1.35 bits per heavy atom. The highest BCUT2D eigenvalue weighted by Gasteiger charge is 2.24. The van der Waals surface area contributed by atoms with Crippen LogP contribution in [-0.4, -0.2) is 38.2 Å². The van der Waals surface area contributed by atoms with Crippen LogP contribution in [0.2, 0.25) is 0 Å². The molecule has 0 atom stereocenters. The molecule has 1 aromatic rings. The number of carbonyl (C=O) groups excluding carboxylic acids is 2. The van der Waals surface area contributed by atoms with E-state index in [4.69, 9.17) is 15.2 Å². The number of nitrogen functional groups attached to an aromatic ring is 1. The molecule has 0 fully saturated rings. The van der Waals surface area contributed by atoms with Crippen LogP contribution in [0.3, 0.4) is 0 Å². The summed E-state index contributed by atoms with van der Waals surface area (Å²) < 4.78 is 9.84. The van der Waals surface area contributed by atoms with E-state index < -0.39 is 5.97 Å². The van der Waals surface area contributed by atoms with Crippen molar-refractivity contribution in [2.45, 2.75) is 26.8 Å². The van der Waals surface area contributed by atoms with Crippen LogP contribution >= 0.6 is 11.3 Å². The number of ether oxygens (including phenoxy) is 2. The van der Waals surface area contributed by atoms with Gasteiger partial charge < -0.3 is 20.5 Å². The van der Waals surface area contributed by atoms with E-state index in [9.17, 15) is 9.59 Å². The molecule has 1 aromatic heterocycles. The van der Waals surface area contributed by atoms with Gasteiger partial charge in [0, 0.05) is 13.2 Å². The molecule has 0 radical (unpaired) electrons. The minimum atomic E-state index is -0.486. The van der Waals surface area contributed by atoms with Crippen LogP contribution in [-0.2, 0) is 9.47 Å². The molecule has 0 saturated heterocycles. The number of carbonyl (C=O) groups is 2. The SMILES string of the molecule is COCCOC(=O)c1sc(N)c(C(=O)NC(C)C)c1C.